The van der Waals surface area contributed by atoms with Gasteiger partial charge in [0.15, 0.2) is 5.82 Å². The summed E-state index contributed by atoms with van der Waals surface area (Å²) >= 11 is 0. The van der Waals surface area contributed by atoms with Crippen LogP contribution in [0.4, 0.5) is 10.1 Å². The van der Waals surface area contributed by atoms with E-state index < -0.39 is 5.82 Å². The standard InChI is InChI=1S/C26H29FN4O/c1-16(2)31-8-9-32-26-17(3)10-20(13-23(26)31)25-22(27)15-29-24(30-25)12-18-4-5-19-6-7-28-14-21(19)11-18/h4-5,10-11,13,15-16,28H,6-9,12,14H2,1-3H3. The SMILES string of the molecule is Cc1cc(-c2nc(Cc3ccc4c(c3)CNCC4)ncc2F)cc2c1OCCN2C(C)C. The summed E-state index contributed by atoms with van der Waals surface area (Å²) in [5.74, 6) is 1.10. The van der Waals surface area contributed by atoms with Gasteiger partial charge in [-0.3, -0.25) is 0 Å². The Morgan fingerprint density at radius 2 is 2.06 bits per heavy atom. The molecule has 5 nitrogen and oxygen atoms in total. The first-order valence-electron chi connectivity index (χ1n) is 11.4. The van der Waals surface area contributed by atoms with Crippen molar-refractivity contribution in [1.29, 1.82) is 0 Å². The van der Waals surface area contributed by atoms with Crippen LogP contribution in [0.25, 0.3) is 11.3 Å². The maximum atomic E-state index is 14.9. The molecule has 0 saturated heterocycles. The van der Waals surface area contributed by atoms with Crippen LogP contribution in [-0.2, 0) is 19.4 Å². The van der Waals surface area contributed by atoms with Gasteiger partial charge in [0.25, 0.3) is 0 Å². The molecule has 2 aliphatic heterocycles. The molecule has 2 aromatic carbocycles. The normalized spacial score (nSPS) is 15.3. The number of aromatic nitrogens is 2. The molecule has 1 aromatic heterocycles. The molecule has 32 heavy (non-hydrogen) atoms. The number of aryl methyl sites for hydroxylation is 1. The van der Waals surface area contributed by atoms with Crippen molar-refractivity contribution in [2.45, 2.75) is 46.2 Å². The van der Waals surface area contributed by atoms with E-state index in [-0.39, 0.29) is 0 Å². The lowest BCUT2D eigenvalue weighted by molar-refractivity contribution is 0.301. The monoisotopic (exact) mass is 432 g/mol. The maximum absolute atomic E-state index is 14.9. The number of hydrogen-bond acceptors (Lipinski definition) is 5. The smallest absolute Gasteiger partial charge is 0.167 e. The lowest BCUT2D eigenvalue weighted by Crippen LogP contribution is -2.38. The number of benzene rings is 2. The van der Waals surface area contributed by atoms with E-state index in [1.165, 1.54) is 17.3 Å². The topological polar surface area (TPSA) is 50.3 Å². The Morgan fingerprint density at radius 1 is 1.19 bits per heavy atom. The number of nitrogens with one attached hydrogen (secondary N) is 1. The molecule has 0 spiro atoms. The highest BCUT2D eigenvalue weighted by Gasteiger charge is 2.24. The first-order valence-corrected chi connectivity index (χ1v) is 11.4. The Hall–Kier alpha value is -2.99. The van der Waals surface area contributed by atoms with Crippen molar-refractivity contribution in [1.82, 2.24) is 15.3 Å². The van der Waals surface area contributed by atoms with Crippen LogP contribution in [-0.4, -0.2) is 35.7 Å². The third-order valence-corrected chi connectivity index (χ3v) is 6.35. The number of nitrogens with zero attached hydrogens (tertiary/aromatic N) is 3. The summed E-state index contributed by atoms with van der Waals surface area (Å²) in [6.45, 7) is 9.72. The molecule has 0 aliphatic carbocycles. The van der Waals surface area contributed by atoms with Gasteiger partial charge in [0.1, 0.15) is 23.9 Å². The molecule has 0 unspecified atom stereocenters. The summed E-state index contributed by atoms with van der Waals surface area (Å²) in [5.41, 5.74) is 6.96. The van der Waals surface area contributed by atoms with Gasteiger partial charge < -0.3 is 15.0 Å². The van der Waals surface area contributed by atoms with E-state index in [0.717, 1.165) is 54.2 Å². The van der Waals surface area contributed by atoms with Crippen LogP contribution in [0, 0.1) is 12.7 Å². The van der Waals surface area contributed by atoms with Crippen molar-refractivity contribution in [3.63, 3.8) is 0 Å². The van der Waals surface area contributed by atoms with Crippen LogP contribution in [0.2, 0.25) is 0 Å². The van der Waals surface area contributed by atoms with Gasteiger partial charge in [-0.2, -0.15) is 0 Å². The van der Waals surface area contributed by atoms with Crippen molar-refractivity contribution >= 4 is 5.69 Å². The summed E-state index contributed by atoms with van der Waals surface area (Å²) in [6, 6.07) is 10.8. The van der Waals surface area contributed by atoms with Crippen LogP contribution in [0.1, 0.15) is 41.9 Å². The van der Waals surface area contributed by atoms with E-state index in [4.69, 9.17) is 4.74 Å². The van der Waals surface area contributed by atoms with Gasteiger partial charge in [0.2, 0.25) is 0 Å². The van der Waals surface area contributed by atoms with Crippen molar-refractivity contribution in [3.05, 3.63) is 70.4 Å². The van der Waals surface area contributed by atoms with Crippen LogP contribution in [0.15, 0.2) is 36.5 Å². The molecule has 5 rings (SSSR count). The quantitative estimate of drug-likeness (QED) is 0.661. The van der Waals surface area contributed by atoms with Gasteiger partial charge in [-0.05, 0) is 68.1 Å². The fourth-order valence-corrected chi connectivity index (χ4v) is 4.71. The van der Waals surface area contributed by atoms with Crippen molar-refractivity contribution in [2.75, 3.05) is 24.6 Å². The van der Waals surface area contributed by atoms with E-state index in [2.05, 4.69) is 52.2 Å². The zero-order chi connectivity index (χ0) is 22.2. The fourth-order valence-electron chi connectivity index (χ4n) is 4.71. The Kier molecular flexibility index (Phi) is 5.55. The first kappa shape index (κ1) is 20.9. The summed E-state index contributed by atoms with van der Waals surface area (Å²) in [7, 11) is 0. The second-order valence-electron chi connectivity index (χ2n) is 8.97. The summed E-state index contributed by atoms with van der Waals surface area (Å²) in [6.07, 6.45) is 2.93. The Balaban J connectivity index is 1.49. The van der Waals surface area contributed by atoms with Crippen LogP contribution < -0.4 is 15.0 Å². The lowest BCUT2D eigenvalue weighted by atomic mass is 9.97. The van der Waals surface area contributed by atoms with Crippen LogP contribution in [0.5, 0.6) is 5.75 Å². The average Bonchev–Trinajstić information content (AvgIpc) is 2.79. The minimum Gasteiger partial charge on any atom is -0.489 e. The van der Waals surface area contributed by atoms with Gasteiger partial charge in [-0.15, -0.1) is 0 Å². The third-order valence-electron chi connectivity index (χ3n) is 6.35. The van der Waals surface area contributed by atoms with Gasteiger partial charge in [0.05, 0.1) is 18.4 Å². The highest BCUT2D eigenvalue weighted by Crippen LogP contribution is 2.39. The minimum atomic E-state index is -0.407. The molecule has 3 heterocycles. The third kappa shape index (κ3) is 3.95. The van der Waals surface area contributed by atoms with E-state index in [1.54, 1.807) is 0 Å². The zero-order valence-electron chi connectivity index (χ0n) is 18.9. The molecule has 1 N–H and O–H groups in total. The molecule has 0 atom stereocenters. The maximum Gasteiger partial charge on any atom is 0.167 e. The molecule has 0 fully saturated rings. The molecule has 0 radical (unpaired) electrons. The summed E-state index contributed by atoms with van der Waals surface area (Å²) < 4.78 is 20.8. The molecule has 0 saturated carbocycles. The van der Waals surface area contributed by atoms with E-state index in [1.807, 2.05) is 19.1 Å². The molecule has 166 valence electrons. The molecule has 2 aliphatic rings. The van der Waals surface area contributed by atoms with Gasteiger partial charge in [-0.1, -0.05) is 18.2 Å². The molecule has 6 heteroatoms. The fraction of sp³-hybridized carbons (Fsp3) is 0.385. The average molecular weight is 433 g/mol. The van der Waals surface area contributed by atoms with E-state index in [0.29, 0.717) is 30.6 Å². The Labute approximate surface area is 188 Å². The molecule has 0 amide bonds. The van der Waals surface area contributed by atoms with Gasteiger partial charge in [-0.25, -0.2) is 14.4 Å². The van der Waals surface area contributed by atoms with Crippen molar-refractivity contribution in [2.24, 2.45) is 0 Å². The Morgan fingerprint density at radius 3 is 2.91 bits per heavy atom. The zero-order valence-corrected chi connectivity index (χ0v) is 18.9. The highest BCUT2D eigenvalue weighted by molar-refractivity contribution is 5.74. The molecule has 0 bridgehead atoms. The van der Waals surface area contributed by atoms with Gasteiger partial charge >= 0.3 is 0 Å². The van der Waals surface area contributed by atoms with Crippen LogP contribution in [0.3, 0.4) is 0 Å². The number of hydrogen-bond donors (Lipinski definition) is 1. The lowest BCUT2D eigenvalue weighted by Gasteiger charge is -2.35. The number of rotatable bonds is 4. The van der Waals surface area contributed by atoms with E-state index in [9.17, 15) is 4.39 Å². The minimum absolute atomic E-state index is 0.330. The Bertz CT molecular complexity index is 1160. The van der Waals surface area contributed by atoms with Crippen molar-refractivity contribution < 1.29 is 9.13 Å². The predicted molar refractivity (Wildman–Crippen MR) is 125 cm³/mol. The van der Waals surface area contributed by atoms with Crippen molar-refractivity contribution in [3.8, 4) is 17.0 Å². The molecule has 3 aromatic rings. The second kappa shape index (κ2) is 8.51. The number of halogens is 1. The highest BCUT2D eigenvalue weighted by atomic mass is 19.1. The van der Waals surface area contributed by atoms with E-state index >= 15 is 0 Å². The molecular formula is C26H29FN4O. The largest absolute Gasteiger partial charge is 0.489 e. The second-order valence-corrected chi connectivity index (χ2v) is 8.97. The summed E-state index contributed by atoms with van der Waals surface area (Å²) in [5, 5.41) is 3.42. The van der Waals surface area contributed by atoms with Gasteiger partial charge in [0, 0.05) is 24.6 Å². The number of fused-ring (bicyclic) bond motifs is 2. The first-order chi connectivity index (χ1) is 15.5. The number of ether oxygens (including phenoxy) is 1. The van der Waals surface area contributed by atoms with Crippen LogP contribution >= 0.6 is 0 Å². The predicted octanol–water partition coefficient (Wildman–Crippen LogP) is 4.43. The number of anilines is 1. The molecular weight excluding hydrogens is 403 g/mol. The summed E-state index contributed by atoms with van der Waals surface area (Å²) in [4.78, 5) is 11.2.